The zero-order valence-electron chi connectivity index (χ0n) is 31.9. The van der Waals surface area contributed by atoms with Crippen molar-refractivity contribution in [2.45, 2.75) is 32.1 Å². The van der Waals surface area contributed by atoms with Gasteiger partial charge < -0.3 is 4.90 Å². The van der Waals surface area contributed by atoms with Crippen LogP contribution >= 0.6 is 0 Å². The van der Waals surface area contributed by atoms with Crippen molar-refractivity contribution in [2.24, 2.45) is 0 Å². The molecule has 10 rings (SSSR count). The topological polar surface area (TPSA) is 3.24 Å². The maximum atomic E-state index is 2.38. The largest absolute Gasteiger partial charge is 0.311 e. The third kappa shape index (κ3) is 5.46. The molecule has 1 nitrogen and oxygen atoms in total. The fraction of sp³-hybridized carbons (Fsp3) is 0.0909. The number of hydrogen-bond acceptors (Lipinski definition) is 1. The second kappa shape index (κ2) is 13.9. The van der Waals surface area contributed by atoms with Crippen molar-refractivity contribution in [3.63, 3.8) is 0 Å². The lowest BCUT2D eigenvalue weighted by Gasteiger charge is -2.29. The lowest BCUT2D eigenvalue weighted by molar-refractivity contribution is 0.490. The van der Waals surface area contributed by atoms with E-state index in [9.17, 15) is 0 Å². The first-order valence-corrected chi connectivity index (χ1v) is 20.0. The molecule has 0 saturated carbocycles. The molecular formula is C55H43N. The third-order valence-electron chi connectivity index (χ3n) is 12.4. The van der Waals surface area contributed by atoms with Crippen LogP contribution in [0.1, 0.15) is 37.8 Å². The van der Waals surface area contributed by atoms with Crippen molar-refractivity contribution < 1.29 is 0 Å². The molecule has 0 atom stereocenters. The second-order valence-electron chi connectivity index (χ2n) is 15.1. The van der Waals surface area contributed by atoms with Crippen LogP contribution in [0.5, 0.6) is 0 Å². The van der Waals surface area contributed by atoms with Crippen molar-refractivity contribution in [2.75, 3.05) is 4.90 Å². The van der Waals surface area contributed by atoms with Crippen LogP contribution in [0, 0.1) is 0 Å². The lowest BCUT2D eigenvalue weighted by Crippen LogP contribution is -2.22. The molecular weight excluding hydrogens is 675 g/mol. The summed E-state index contributed by atoms with van der Waals surface area (Å²) in [7, 11) is 0. The molecule has 0 saturated heterocycles. The van der Waals surface area contributed by atoms with Gasteiger partial charge in [-0.25, -0.2) is 0 Å². The summed E-state index contributed by atoms with van der Waals surface area (Å²) in [5.74, 6) is 0. The standard InChI is InChI=1S/C55H43N/c1-3-55(4-2)52-24-10-9-20-51(52)54-50(23-13-25-53(54)55)42-30-36-45(37-31-42)56(43-32-26-40(27-33-43)48-21-11-16-38-14-5-7-18-46(38)48)44-34-28-41(29-35-44)49-22-12-17-39-15-6-8-19-47(39)49/h5-37H,3-4H2,1-2H3. The van der Waals surface area contributed by atoms with Gasteiger partial charge in [-0.3, -0.25) is 0 Å². The van der Waals surface area contributed by atoms with Gasteiger partial charge in [-0.15, -0.1) is 0 Å². The van der Waals surface area contributed by atoms with Crippen molar-refractivity contribution in [1.29, 1.82) is 0 Å². The minimum atomic E-state index is 0.0507. The van der Waals surface area contributed by atoms with Crippen molar-refractivity contribution in [3.8, 4) is 44.5 Å². The summed E-state index contributed by atoms with van der Waals surface area (Å²) >= 11 is 0. The molecule has 1 heteroatoms. The predicted octanol–water partition coefficient (Wildman–Crippen LogP) is 15.6. The second-order valence-corrected chi connectivity index (χ2v) is 15.1. The smallest absolute Gasteiger partial charge is 0.0462 e. The highest BCUT2D eigenvalue weighted by Crippen LogP contribution is 2.55. The molecule has 9 aromatic rings. The zero-order valence-corrected chi connectivity index (χ0v) is 31.9. The Balaban J connectivity index is 1.07. The molecule has 0 aliphatic heterocycles. The van der Waals surface area contributed by atoms with E-state index in [1.165, 1.54) is 77.2 Å². The Labute approximate surface area is 330 Å². The predicted molar refractivity (Wildman–Crippen MR) is 239 cm³/mol. The maximum Gasteiger partial charge on any atom is 0.0462 e. The minimum absolute atomic E-state index is 0.0507. The van der Waals surface area contributed by atoms with E-state index in [1.54, 1.807) is 0 Å². The van der Waals surface area contributed by atoms with Gasteiger partial charge in [0, 0.05) is 22.5 Å². The van der Waals surface area contributed by atoms with Gasteiger partial charge in [0.15, 0.2) is 0 Å². The molecule has 0 fully saturated rings. The van der Waals surface area contributed by atoms with E-state index in [1.807, 2.05) is 0 Å². The van der Waals surface area contributed by atoms with Crippen LogP contribution in [0.4, 0.5) is 17.1 Å². The average molecular weight is 718 g/mol. The van der Waals surface area contributed by atoms with Gasteiger partial charge in [-0.05, 0) is 126 Å². The highest BCUT2D eigenvalue weighted by Gasteiger charge is 2.41. The molecule has 0 radical (unpaired) electrons. The van der Waals surface area contributed by atoms with Crippen LogP contribution < -0.4 is 4.90 Å². The summed E-state index contributed by atoms with van der Waals surface area (Å²) in [5, 5.41) is 5.04. The summed E-state index contributed by atoms with van der Waals surface area (Å²) in [6, 6.07) is 73.7. The number of hydrogen-bond donors (Lipinski definition) is 0. The van der Waals surface area contributed by atoms with Gasteiger partial charge in [0.25, 0.3) is 0 Å². The van der Waals surface area contributed by atoms with E-state index in [2.05, 4.69) is 219 Å². The first-order chi connectivity index (χ1) is 27.7. The van der Waals surface area contributed by atoms with Crippen LogP contribution in [-0.2, 0) is 5.41 Å². The number of benzene rings is 9. The first-order valence-electron chi connectivity index (χ1n) is 20.0. The Morgan fingerprint density at radius 1 is 0.339 bits per heavy atom. The van der Waals surface area contributed by atoms with E-state index in [0.29, 0.717) is 0 Å². The highest BCUT2D eigenvalue weighted by atomic mass is 15.1. The number of nitrogens with zero attached hydrogens (tertiary/aromatic N) is 1. The molecule has 0 N–H and O–H groups in total. The maximum absolute atomic E-state index is 2.38. The van der Waals surface area contributed by atoms with Gasteiger partial charge in [0.05, 0.1) is 0 Å². The molecule has 56 heavy (non-hydrogen) atoms. The quantitative estimate of drug-likeness (QED) is 0.151. The molecule has 0 heterocycles. The molecule has 9 aromatic carbocycles. The molecule has 0 aromatic heterocycles. The Kier molecular flexibility index (Phi) is 8.37. The van der Waals surface area contributed by atoms with Crippen LogP contribution in [0.2, 0.25) is 0 Å². The Bertz CT molecular complexity index is 2730. The first kappa shape index (κ1) is 33.8. The van der Waals surface area contributed by atoms with Crippen LogP contribution in [0.15, 0.2) is 200 Å². The van der Waals surface area contributed by atoms with Crippen LogP contribution in [0.25, 0.3) is 66.1 Å². The van der Waals surface area contributed by atoms with Crippen molar-refractivity contribution in [3.05, 3.63) is 211 Å². The molecule has 0 bridgehead atoms. The summed E-state index contributed by atoms with van der Waals surface area (Å²) in [5.41, 5.74) is 16.6. The van der Waals surface area contributed by atoms with E-state index in [4.69, 9.17) is 0 Å². The number of anilines is 3. The lowest BCUT2D eigenvalue weighted by atomic mass is 9.73. The molecule has 1 aliphatic carbocycles. The fourth-order valence-corrected chi connectivity index (χ4v) is 9.53. The Morgan fingerprint density at radius 2 is 0.714 bits per heavy atom. The number of fused-ring (bicyclic) bond motifs is 5. The molecule has 268 valence electrons. The SMILES string of the molecule is CCC1(CC)c2ccccc2-c2c(-c3ccc(N(c4ccc(-c5cccc6ccccc56)cc4)c4ccc(-c5cccc6ccccc56)cc4)cc3)cccc21. The van der Waals surface area contributed by atoms with Crippen LogP contribution in [0.3, 0.4) is 0 Å². The summed E-state index contributed by atoms with van der Waals surface area (Å²) in [4.78, 5) is 2.38. The van der Waals surface area contributed by atoms with E-state index in [0.717, 1.165) is 29.9 Å². The van der Waals surface area contributed by atoms with Crippen molar-refractivity contribution >= 4 is 38.6 Å². The van der Waals surface area contributed by atoms with Gasteiger partial charge in [0.1, 0.15) is 0 Å². The van der Waals surface area contributed by atoms with Gasteiger partial charge in [-0.2, -0.15) is 0 Å². The Hall–Kier alpha value is -6.70. The Morgan fingerprint density at radius 3 is 1.23 bits per heavy atom. The molecule has 0 unspecified atom stereocenters. The molecule has 0 amide bonds. The fourth-order valence-electron chi connectivity index (χ4n) is 9.53. The van der Waals surface area contributed by atoms with Gasteiger partial charge in [-0.1, -0.05) is 178 Å². The van der Waals surface area contributed by atoms with Crippen LogP contribution in [-0.4, -0.2) is 0 Å². The highest BCUT2D eigenvalue weighted by molar-refractivity contribution is 5.99. The average Bonchev–Trinajstić information content (AvgIpc) is 3.57. The van der Waals surface area contributed by atoms with Gasteiger partial charge in [0.2, 0.25) is 0 Å². The normalized spacial score (nSPS) is 12.8. The molecule has 0 spiro atoms. The van der Waals surface area contributed by atoms with Crippen molar-refractivity contribution in [1.82, 2.24) is 0 Å². The molecule has 1 aliphatic rings. The summed E-state index contributed by atoms with van der Waals surface area (Å²) in [6.07, 6.45) is 2.17. The third-order valence-corrected chi connectivity index (χ3v) is 12.4. The zero-order chi connectivity index (χ0) is 37.6. The van der Waals surface area contributed by atoms with E-state index in [-0.39, 0.29) is 5.41 Å². The summed E-state index contributed by atoms with van der Waals surface area (Å²) < 4.78 is 0. The van der Waals surface area contributed by atoms with Gasteiger partial charge >= 0.3 is 0 Å². The van der Waals surface area contributed by atoms with E-state index < -0.39 is 0 Å². The summed E-state index contributed by atoms with van der Waals surface area (Å²) in [6.45, 7) is 4.68. The minimum Gasteiger partial charge on any atom is -0.311 e. The monoisotopic (exact) mass is 717 g/mol. The number of rotatable bonds is 8. The van der Waals surface area contributed by atoms with E-state index >= 15 is 0 Å².